The summed E-state index contributed by atoms with van der Waals surface area (Å²) in [5.41, 5.74) is 1.21. The molecule has 414 valence electrons. The van der Waals surface area contributed by atoms with Gasteiger partial charge >= 0.3 is 0 Å². The quantitative estimate of drug-likeness (QED) is 0.0353. The van der Waals surface area contributed by atoms with Crippen molar-refractivity contribution in [3.05, 3.63) is 53.1 Å². The number of ether oxygens (including phenoxy) is 9. The average Bonchev–Trinajstić information content (AvgIpc) is 3.41. The highest BCUT2D eigenvalue weighted by molar-refractivity contribution is 5.77. The summed E-state index contributed by atoms with van der Waals surface area (Å²) in [6.07, 6.45) is 7.00. The van der Waals surface area contributed by atoms with Gasteiger partial charge in [0.1, 0.15) is 34.5 Å². The van der Waals surface area contributed by atoms with E-state index in [0.29, 0.717) is 38.7 Å². The van der Waals surface area contributed by atoms with Crippen LogP contribution in [0.25, 0.3) is 34.2 Å². The molecule has 0 saturated heterocycles. The van der Waals surface area contributed by atoms with Gasteiger partial charge in [-0.25, -0.2) is 15.0 Å². The van der Waals surface area contributed by atoms with Crippen molar-refractivity contribution in [2.75, 3.05) is 59.5 Å². The summed E-state index contributed by atoms with van der Waals surface area (Å²) in [4.78, 5) is 50.7. The monoisotopic (exact) mass is 1050 g/mol. The van der Waals surface area contributed by atoms with Crippen molar-refractivity contribution in [3.8, 4) is 68.7 Å². The molecule has 18 heteroatoms. The number of hydrogen-bond donors (Lipinski definition) is 3. The molecule has 1 aromatic heterocycles. The van der Waals surface area contributed by atoms with Crippen LogP contribution in [0, 0.1) is 20.8 Å². The second-order valence-electron chi connectivity index (χ2n) is 18.2. The van der Waals surface area contributed by atoms with Crippen LogP contribution in [-0.2, 0) is 42.8 Å². The van der Waals surface area contributed by atoms with E-state index in [2.05, 4.69) is 20.8 Å². The number of carbonyl (C=O) groups excluding carboxylic acids is 3. The zero-order chi connectivity index (χ0) is 54.7. The first-order valence-electron chi connectivity index (χ1n) is 26.5. The van der Waals surface area contributed by atoms with Gasteiger partial charge in [0.25, 0.3) is 0 Å². The van der Waals surface area contributed by atoms with E-state index in [-0.39, 0.29) is 143 Å². The highest BCUT2D eigenvalue weighted by Crippen LogP contribution is 2.42. The zero-order valence-corrected chi connectivity index (χ0v) is 45.5. The number of nitrogens with zero attached hydrogens (tertiary/aromatic N) is 3. The second-order valence-corrected chi connectivity index (χ2v) is 18.2. The van der Waals surface area contributed by atoms with Crippen LogP contribution in [0.15, 0.2) is 36.4 Å². The molecule has 0 saturated carbocycles. The Morgan fingerprint density at radius 1 is 0.427 bits per heavy atom. The van der Waals surface area contributed by atoms with Crippen molar-refractivity contribution in [3.63, 3.8) is 0 Å². The van der Waals surface area contributed by atoms with Gasteiger partial charge in [0.2, 0.25) is 0 Å². The minimum absolute atomic E-state index is 0.0456. The fourth-order valence-electron chi connectivity index (χ4n) is 8.09. The molecule has 4 rings (SSSR count). The lowest BCUT2D eigenvalue weighted by atomic mass is 10.0. The predicted octanol–water partition coefficient (Wildman–Crippen LogP) is 9.59. The molecule has 0 fully saturated rings. The number of rotatable bonds is 39. The minimum atomic E-state index is -0.996. The van der Waals surface area contributed by atoms with Crippen LogP contribution in [0.1, 0.15) is 116 Å². The first-order chi connectivity index (χ1) is 36.3. The van der Waals surface area contributed by atoms with Crippen LogP contribution >= 0.6 is 0 Å². The lowest BCUT2D eigenvalue weighted by Gasteiger charge is -2.21. The summed E-state index contributed by atoms with van der Waals surface area (Å²) in [6, 6.07) is 9.27. The Morgan fingerprint density at radius 2 is 0.693 bits per heavy atom. The molecule has 18 nitrogen and oxygen atoms in total. The fraction of sp³-hybridized carbons (Fsp3) is 0.579. The number of benzene rings is 3. The number of aldehydes is 3. The van der Waals surface area contributed by atoms with Gasteiger partial charge in [-0.2, -0.15) is 0 Å². The van der Waals surface area contributed by atoms with Gasteiger partial charge in [-0.1, -0.05) is 59.3 Å². The molecule has 0 amide bonds. The number of hydrogen-bond acceptors (Lipinski definition) is 18. The van der Waals surface area contributed by atoms with E-state index in [1.807, 2.05) is 20.8 Å². The smallest absolute Gasteiger partial charge is 0.177 e. The standard InChI is InChI=1S/C57H81N3O15/c1-10-16-19-40(70-13-4)31-67-34-43(28-61)73-49-25-22-46(52(64)37(49)7)55-58-56(47-23-26-50(38(8)53(47)65)74-44(29-62)35-68-32-41(71-14-5)20-17-11-2)60-57(59-55)48-24-27-51(39(9)54(48)66)75-45(30-63)36-69-33-42(72-15-6)21-18-12-3/h22-30,40-45,64-66H,10-21,31-36H2,1-9H3. The molecule has 0 aliphatic rings. The Balaban J connectivity index is 1.71. The van der Waals surface area contributed by atoms with E-state index in [4.69, 9.17) is 57.6 Å². The van der Waals surface area contributed by atoms with Crippen molar-refractivity contribution in [2.24, 2.45) is 0 Å². The largest absolute Gasteiger partial charge is 0.507 e. The van der Waals surface area contributed by atoms with Crippen LogP contribution < -0.4 is 14.2 Å². The third-order valence-corrected chi connectivity index (χ3v) is 12.4. The minimum Gasteiger partial charge on any atom is -0.507 e. The average molecular weight is 1050 g/mol. The molecule has 4 aromatic rings. The second kappa shape index (κ2) is 33.3. The lowest BCUT2D eigenvalue weighted by Crippen LogP contribution is -2.28. The number of aromatic nitrogens is 3. The van der Waals surface area contributed by atoms with E-state index in [9.17, 15) is 29.7 Å². The maximum absolute atomic E-state index is 12.2. The highest BCUT2D eigenvalue weighted by atomic mass is 16.6. The summed E-state index contributed by atoms with van der Waals surface area (Å²) in [6.45, 7) is 19.2. The molecule has 0 aliphatic carbocycles. The molecule has 0 bridgehead atoms. The first kappa shape index (κ1) is 61.8. The highest BCUT2D eigenvalue weighted by Gasteiger charge is 2.25. The normalized spacial score (nSPS) is 13.9. The summed E-state index contributed by atoms with van der Waals surface area (Å²) < 4.78 is 53.0. The van der Waals surface area contributed by atoms with Crippen molar-refractivity contribution in [2.45, 2.75) is 157 Å². The van der Waals surface area contributed by atoms with Crippen molar-refractivity contribution in [1.29, 1.82) is 0 Å². The van der Waals surface area contributed by atoms with Crippen molar-refractivity contribution < 1.29 is 72.3 Å². The van der Waals surface area contributed by atoms with Crippen LogP contribution in [0.3, 0.4) is 0 Å². The van der Waals surface area contributed by atoms with Crippen LogP contribution in [0.4, 0.5) is 0 Å². The molecule has 0 spiro atoms. The number of carbonyl (C=O) groups is 3. The van der Waals surface area contributed by atoms with Crippen LogP contribution in [0.5, 0.6) is 34.5 Å². The fourth-order valence-corrected chi connectivity index (χ4v) is 8.09. The molecular formula is C57H81N3O15. The molecule has 1 heterocycles. The van der Waals surface area contributed by atoms with Crippen molar-refractivity contribution >= 4 is 18.9 Å². The Morgan fingerprint density at radius 3 is 0.920 bits per heavy atom. The van der Waals surface area contributed by atoms with Gasteiger partial charge < -0.3 is 58.0 Å². The van der Waals surface area contributed by atoms with E-state index in [1.54, 1.807) is 39.0 Å². The maximum atomic E-state index is 12.2. The van der Waals surface area contributed by atoms with Gasteiger partial charge in [-0.3, -0.25) is 14.4 Å². The Kier molecular flexibility index (Phi) is 27.4. The molecule has 3 aromatic carbocycles. The van der Waals surface area contributed by atoms with Gasteiger partial charge in [-0.05, 0) is 97.2 Å². The van der Waals surface area contributed by atoms with Gasteiger partial charge in [0, 0.05) is 36.5 Å². The SMILES string of the molecule is CCCCC(COCC(C=O)Oc1ccc(-c2nc(-c3ccc(OC(C=O)COCC(CCCC)OCC)c(C)c3O)nc(-c3ccc(OC(C=O)COCC(CCCC)OCC)c(C)c3O)n2)c(O)c1C)OCC. The molecular weight excluding hydrogens is 967 g/mol. The number of phenolic OH excluding ortho intramolecular Hbond substituents is 3. The molecule has 0 aliphatic heterocycles. The molecule has 0 radical (unpaired) electrons. The summed E-state index contributed by atoms with van der Waals surface area (Å²) in [7, 11) is 0. The van der Waals surface area contributed by atoms with Crippen LogP contribution in [-0.4, -0.2) is 145 Å². The third-order valence-electron chi connectivity index (χ3n) is 12.4. The Hall–Kier alpha value is -5.76. The predicted molar refractivity (Wildman–Crippen MR) is 284 cm³/mol. The number of unbranched alkanes of at least 4 members (excludes halogenated alkanes) is 3. The Bertz CT molecular complexity index is 2100. The lowest BCUT2D eigenvalue weighted by molar-refractivity contribution is -0.118. The number of aromatic hydroxyl groups is 3. The van der Waals surface area contributed by atoms with Crippen molar-refractivity contribution in [1.82, 2.24) is 15.0 Å². The number of phenols is 3. The van der Waals surface area contributed by atoms with Gasteiger partial charge in [-0.15, -0.1) is 0 Å². The van der Waals surface area contributed by atoms with E-state index < -0.39 is 18.3 Å². The topological polar surface area (TPSA) is 234 Å². The van der Waals surface area contributed by atoms with E-state index in [1.165, 1.54) is 18.2 Å². The van der Waals surface area contributed by atoms with E-state index >= 15 is 0 Å². The molecule has 3 N–H and O–H groups in total. The third kappa shape index (κ3) is 18.8. The van der Waals surface area contributed by atoms with Gasteiger partial charge in [0.05, 0.1) is 74.6 Å². The molecule has 6 unspecified atom stereocenters. The Labute approximate surface area is 442 Å². The zero-order valence-electron chi connectivity index (χ0n) is 45.5. The summed E-state index contributed by atoms with van der Waals surface area (Å²) in [5, 5.41) is 35.4. The summed E-state index contributed by atoms with van der Waals surface area (Å²) in [5.74, 6) is -0.340. The van der Waals surface area contributed by atoms with Crippen LogP contribution in [0.2, 0.25) is 0 Å². The van der Waals surface area contributed by atoms with Gasteiger partial charge in [0.15, 0.2) is 54.6 Å². The molecule has 75 heavy (non-hydrogen) atoms. The molecule has 6 atom stereocenters. The first-order valence-corrected chi connectivity index (χ1v) is 26.5. The summed E-state index contributed by atoms with van der Waals surface area (Å²) >= 11 is 0. The van der Waals surface area contributed by atoms with E-state index in [0.717, 1.165) is 57.8 Å². The maximum Gasteiger partial charge on any atom is 0.177 e.